The Morgan fingerprint density at radius 1 is 1.19 bits per heavy atom. The van der Waals surface area contributed by atoms with Crippen molar-refractivity contribution >= 4 is 8.07 Å². The van der Waals surface area contributed by atoms with E-state index in [2.05, 4.69) is 25.7 Å². The van der Waals surface area contributed by atoms with E-state index in [-0.39, 0.29) is 6.61 Å². The van der Waals surface area contributed by atoms with Gasteiger partial charge in [-0.05, 0) is 35.9 Å². The number of rotatable bonds is 8. The molecule has 0 unspecified atom stereocenters. The number of fused-ring (bicyclic) bond motifs is 3. The van der Waals surface area contributed by atoms with Crippen LogP contribution in [0.15, 0.2) is 36.4 Å². The van der Waals surface area contributed by atoms with Crippen molar-refractivity contribution in [2.75, 3.05) is 13.7 Å². The Kier molecular flexibility index (Phi) is 6.20. The summed E-state index contributed by atoms with van der Waals surface area (Å²) in [7, 11) is 0.447. The Balaban J connectivity index is 1.74. The first-order chi connectivity index (χ1) is 15.3. The molecule has 0 saturated heterocycles. The van der Waals surface area contributed by atoms with E-state index in [1.807, 2.05) is 41.1 Å². The van der Waals surface area contributed by atoms with Gasteiger partial charge in [0.05, 0.1) is 36.7 Å². The van der Waals surface area contributed by atoms with Crippen LogP contribution in [0.3, 0.4) is 0 Å². The van der Waals surface area contributed by atoms with Crippen molar-refractivity contribution in [1.29, 1.82) is 5.26 Å². The summed E-state index contributed by atoms with van der Waals surface area (Å²) < 4.78 is 13.5. The summed E-state index contributed by atoms with van der Waals surface area (Å²) in [6.45, 7) is 8.05. The number of nitriles is 1. The van der Waals surface area contributed by atoms with Crippen LogP contribution in [0.2, 0.25) is 25.7 Å². The fourth-order valence-electron chi connectivity index (χ4n) is 4.07. The average Bonchev–Trinajstić information content (AvgIpc) is 3.32. The molecule has 1 aliphatic carbocycles. The van der Waals surface area contributed by atoms with Crippen molar-refractivity contribution in [3.8, 4) is 34.3 Å². The maximum atomic E-state index is 9.75. The number of aliphatic hydroxyl groups excluding tert-OH is 1. The topological polar surface area (TPSA) is 80.3 Å². The van der Waals surface area contributed by atoms with Crippen molar-refractivity contribution in [2.45, 2.75) is 45.4 Å². The number of hydrogen-bond donors (Lipinski definition) is 1. The Hall–Kier alpha value is -2.92. The number of benzene rings is 2. The minimum absolute atomic E-state index is 0.0682. The van der Waals surface area contributed by atoms with Gasteiger partial charge in [0.2, 0.25) is 0 Å². The molecule has 1 heterocycles. The first-order valence-electron chi connectivity index (χ1n) is 10.8. The lowest BCUT2D eigenvalue weighted by Gasteiger charge is -2.16. The molecule has 0 amide bonds. The van der Waals surface area contributed by atoms with Crippen LogP contribution in [0.1, 0.15) is 22.3 Å². The Bertz CT molecular complexity index is 1170. The van der Waals surface area contributed by atoms with Crippen molar-refractivity contribution in [3.63, 3.8) is 0 Å². The molecule has 4 rings (SSSR count). The molecular weight excluding hydrogens is 418 g/mol. The molecule has 2 aromatic carbocycles. The average molecular weight is 448 g/mol. The van der Waals surface area contributed by atoms with Crippen LogP contribution >= 0.6 is 0 Å². The van der Waals surface area contributed by atoms with Crippen LogP contribution in [0.25, 0.3) is 22.5 Å². The monoisotopic (exact) mass is 447 g/mol. The number of nitrogens with zero attached hydrogens (tertiary/aromatic N) is 3. The number of aromatic nitrogens is 2. The lowest BCUT2D eigenvalue weighted by molar-refractivity contribution is 0.0799. The first-order valence-corrected chi connectivity index (χ1v) is 14.5. The first kappa shape index (κ1) is 22.3. The fraction of sp³-hybridized carbons (Fsp3) is 0.360. The number of methoxy groups -OCH3 is 1. The zero-order chi connectivity index (χ0) is 22.9. The quantitative estimate of drug-likeness (QED) is 0.310. The van der Waals surface area contributed by atoms with Gasteiger partial charge < -0.3 is 14.6 Å². The van der Waals surface area contributed by atoms with E-state index in [0.717, 1.165) is 58.3 Å². The Morgan fingerprint density at radius 3 is 2.56 bits per heavy atom. The molecule has 0 fully saturated rings. The van der Waals surface area contributed by atoms with Crippen molar-refractivity contribution in [2.24, 2.45) is 0 Å². The van der Waals surface area contributed by atoms with Crippen LogP contribution in [0.4, 0.5) is 0 Å². The smallest absolute Gasteiger partial charge is 0.140 e. The molecule has 166 valence electrons. The molecule has 0 aliphatic heterocycles. The second-order valence-corrected chi connectivity index (χ2v) is 15.0. The van der Waals surface area contributed by atoms with Gasteiger partial charge in [-0.1, -0.05) is 31.8 Å². The van der Waals surface area contributed by atoms with Crippen LogP contribution < -0.4 is 4.74 Å². The lowest BCUT2D eigenvalue weighted by Crippen LogP contribution is -2.22. The third kappa shape index (κ3) is 4.35. The zero-order valence-corrected chi connectivity index (χ0v) is 20.1. The van der Waals surface area contributed by atoms with E-state index in [0.29, 0.717) is 18.0 Å². The van der Waals surface area contributed by atoms with Crippen molar-refractivity contribution in [1.82, 2.24) is 9.78 Å². The highest BCUT2D eigenvalue weighted by atomic mass is 28.3. The van der Waals surface area contributed by atoms with Crippen LogP contribution in [0, 0.1) is 11.3 Å². The van der Waals surface area contributed by atoms with Gasteiger partial charge >= 0.3 is 0 Å². The van der Waals surface area contributed by atoms with E-state index in [4.69, 9.17) is 19.8 Å². The Morgan fingerprint density at radius 2 is 1.94 bits per heavy atom. The van der Waals surface area contributed by atoms with E-state index in [1.54, 1.807) is 7.11 Å². The van der Waals surface area contributed by atoms with E-state index in [9.17, 15) is 5.11 Å². The minimum atomic E-state index is -1.17. The number of aliphatic hydroxyl groups is 1. The predicted octanol–water partition coefficient (Wildman–Crippen LogP) is 4.81. The third-order valence-electron chi connectivity index (χ3n) is 5.85. The summed E-state index contributed by atoms with van der Waals surface area (Å²) in [5, 5.41) is 23.8. The molecule has 3 aromatic rings. The Labute approximate surface area is 190 Å². The van der Waals surface area contributed by atoms with Crippen LogP contribution in [-0.2, 0) is 24.5 Å². The minimum Gasteiger partial charge on any atom is -0.496 e. The number of ether oxygens (including phenoxy) is 2. The van der Waals surface area contributed by atoms with E-state index in [1.165, 1.54) is 0 Å². The maximum Gasteiger partial charge on any atom is 0.140 e. The summed E-state index contributed by atoms with van der Waals surface area (Å²) in [5.41, 5.74) is 7.67. The predicted molar refractivity (Wildman–Crippen MR) is 127 cm³/mol. The summed E-state index contributed by atoms with van der Waals surface area (Å²) in [5.74, 6) is 0.673. The fourth-order valence-corrected chi connectivity index (χ4v) is 4.83. The SMILES string of the molecule is COc1cc2c(cc1CO)Cc1c(-c3ccc(C#N)cc3)nn(COCC[Si](C)(C)C)c1-2. The summed E-state index contributed by atoms with van der Waals surface area (Å²) in [4.78, 5) is 0. The van der Waals surface area contributed by atoms with Gasteiger partial charge in [-0.15, -0.1) is 0 Å². The molecule has 0 radical (unpaired) electrons. The lowest BCUT2D eigenvalue weighted by atomic mass is 10.0. The summed E-state index contributed by atoms with van der Waals surface area (Å²) in [6, 6.07) is 14.8. The second-order valence-electron chi connectivity index (χ2n) is 9.37. The molecule has 1 aromatic heterocycles. The van der Waals surface area contributed by atoms with Gasteiger partial charge in [-0.2, -0.15) is 10.4 Å². The standard InChI is InChI=1S/C25H29N3O3Si/c1-30-23-13-21-19(11-20(23)15-29)12-22-24(18-7-5-17(14-26)6-8-18)27-28(25(21)22)16-31-9-10-32(2,3)4/h5-8,11,13,29H,9-10,12,15-16H2,1-4H3. The van der Waals surface area contributed by atoms with Gasteiger partial charge in [0.1, 0.15) is 12.5 Å². The number of hydrogen-bond acceptors (Lipinski definition) is 5. The van der Waals surface area contributed by atoms with Gasteiger partial charge in [-0.25, -0.2) is 4.68 Å². The largest absolute Gasteiger partial charge is 0.496 e. The van der Waals surface area contributed by atoms with E-state index < -0.39 is 8.07 Å². The van der Waals surface area contributed by atoms with E-state index >= 15 is 0 Å². The van der Waals surface area contributed by atoms with Gasteiger partial charge in [0.15, 0.2) is 0 Å². The highest BCUT2D eigenvalue weighted by Gasteiger charge is 2.29. The molecule has 0 saturated carbocycles. The zero-order valence-electron chi connectivity index (χ0n) is 19.1. The molecule has 0 atom stereocenters. The van der Waals surface area contributed by atoms with Crippen molar-refractivity contribution in [3.05, 3.63) is 58.7 Å². The molecule has 7 heteroatoms. The molecule has 0 spiro atoms. The van der Waals surface area contributed by atoms with Gasteiger partial charge in [-0.3, -0.25) is 0 Å². The van der Waals surface area contributed by atoms with Crippen LogP contribution in [0.5, 0.6) is 5.75 Å². The maximum absolute atomic E-state index is 9.75. The normalized spacial score (nSPS) is 12.4. The van der Waals surface area contributed by atoms with Gasteiger partial charge in [0.25, 0.3) is 0 Å². The van der Waals surface area contributed by atoms with Gasteiger partial charge in [0, 0.05) is 43.4 Å². The highest BCUT2D eigenvalue weighted by molar-refractivity contribution is 6.76. The second kappa shape index (κ2) is 8.91. The molecule has 1 N–H and O–H groups in total. The van der Waals surface area contributed by atoms with Crippen molar-refractivity contribution < 1.29 is 14.6 Å². The summed E-state index contributed by atoms with van der Waals surface area (Å²) >= 11 is 0. The molecule has 0 bridgehead atoms. The molecule has 1 aliphatic rings. The molecule has 32 heavy (non-hydrogen) atoms. The van der Waals surface area contributed by atoms with Crippen LogP contribution in [-0.4, -0.2) is 36.7 Å². The highest BCUT2D eigenvalue weighted by Crippen LogP contribution is 2.44. The molecular formula is C25H29N3O3Si. The molecule has 6 nitrogen and oxygen atoms in total. The third-order valence-corrected chi connectivity index (χ3v) is 7.55. The summed E-state index contributed by atoms with van der Waals surface area (Å²) in [6.07, 6.45) is 0.728.